The summed E-state index contributed by atoms with van der Waals surface area (Å²) in [6.45, 7) is -1.73. The number of amides is 1. The molecular weight excluding hydrogens is 342 g/mol. The summed E-state index contributed by atoms with van der Waals surface area (Å²) >= 11 is 0. The first-order valence-corrected chi connectivity index (χ1v) is 8.09. The number of para-hydroxylation sites is 1. The molecule has 0 saturated carbocycles. The molecule has 0 unspecified atom stereocenters. The lowest BCUT2D eigenvalue weighted by Gasteiger charge is -2.17. The van der Waals surface area contributed by atoms with Crippen LogP contribution in [0.2, 0.25) is 0 Å². The number of nitrogens with one attached hydrogen (secondary N) is 1. The highest BCUT2D eigenvalue weighted by Gasteiger charge is 2.09. The zero-order valence-electron chi connectivity index (χ0n) is 14.7. The summed E-state index contributed by atoms with van der Waals surface area (Å²) in [5.41, 5.74) is 1.80. The maximum absolute atomic E-state index is 12.1. The molecule has 5 nitrogen and oxygen atoms in total. The van der Waals surface area contributed by atoms with E-state index in [-0.39, 0.29) is 18.2 Å². The lowest BCUT2D eigenvalue weighted by atomic mass is 10.2. The van der Waals surface area contributed by atoms with Crippen LogP contribution in [0.4, 0.5) is 8.78 Å². The first kappa shape index (κ1) is 19.7. The molecule has 0 heterocycles. The second-order valence-electron chi connectivity index (χ2n) is 5.78. The fraction of sp³-hybridized carbons (Fsp3) is 0.316. The molecule has 140 valence electrons. The number of rotatable bonds is 9. The number of ether oxygens (including phenoxy) is 2. The smallest absolute Gasteiger partial charge is 0.387 e. The van der Waals surface area contributed by atoms with Crippen molar-refractivity contribution in [1.29, 1.82) is 0 Å². The lowest BCUT2D eigenvalue weighted by Crippen LogP contribution is -2.34. The Morgan fingerprint density at radius 2 is 1.85 bits per heavy atom. The van der Waals surface area contributed by atoms with E-state index in [1.807, 2.05) is 36.2 Å². The van der Waals surface area contributed by atoms with Crippen molar-refractivity contribution in [2.75, 3.05) is 20.7 Å². The van der Waals surface area contributed by atoms with Gasteiger partial charge in [0.1, 0.15) is 11.5 Å². The highest BCUT2D eigenvalue weighted by Crippen LogP contribution is 2.17. The molecule has 1 N–H and O–H groups in total. The molecule has 0 aromatic heterocycles. The third-order valence-electron chi connectivity index (χ3n) is 3.68. The van der Waals surface area contributed by atoms with Gasteiger partial charge < -0.3 is 14.8 Å². The summed E-state index contributed by atoms with van der Waals surface area (Å²) in [7, 11) is 3.40. The SMILES string of the molecule is COc1ccccc1CNC(=O)CN(C)Cc1ccc(OC(F)F)cc1. The summed E-state index contributed by atoms with van der Waals surface area (Å²) in [6, 6.07) is 13.9. The normalized spacial score (nSPS) is 10.8. The van der Waals surface area contributed by atoms with E-state index in [4.69, 9.17) is 4.74 Å². The van der Waals surface area contributed by atoms with E-state index >= 15 is 0 Å². The molecule has 2 aromatic rings. The molecule has 0 fully saturated rings. The summed E-state index contributed by atoms with van der Waals surface area (Å²) in [4.78, 5) is 13.9. The summed E-state index contributed by atoms with van der Waals surface area (Å²) < 4.78 is 33.8. The number of carbonyl (C=O) groups excluding carboxylic acids is 1. The number of hydrogen-bond acceptors (Lipinski definition) is 4. The number of nitrogens with zero attached hydrogens (tertiary/aromatic N) is 1. The maximum atomic E-state index is 12.1. The van der Waals surface area contributed by atoms with Gasteiger partial charge in [0.15, 0.2) is 0 Å². The van der Waals surface area contributed by atoms with Gasteiger partial charge in [-0.2, -0.15) is 8.78 Å². The van der Waals surface area contributed by atoms with E-state index in [0.717, 1.165) is 16.9 Å². The Hall–Kier alpha value is -2.67. The van der Waals surface area contributed by atoms with Crippen molar-refractivity contribution in [3.63, 3.8) is 0 Å². The van der Waals surface area contributed by atoms with Crippen LogP contribution >= 0.6 is 0 Å². The lowest BCUT2D eigenvalue weighted by molar-refractivity contribution is -0.122. The number of methoxy groups -OCH3 is 1. The Kier molecular flexibility index (Phi) is 7.35. The van der Waals surface area contributed by atoms with Crippen LogP contribution < -0.4 is 14.8 Å². The van der Waals surface area contributed by atoms with Gasteiger partial charge in [-0.05, 0) is 30.8 Å². The Morgan fingerprint density at radius 1 is 1.15 bits per heavy atom. The predicted octanol–water partition coefficient (Wildman–Crippen LogP) is 3.04. The van der Waals surface area contributed by atoms with Crippen molar-refractivity contribution >= 4 is 5.91 Å². The van der Waals surface area contributed by atoms with Gasteiger partial charge in [0.2, 0.25) is 5.91 Å². The van der Waals surface area contributed by atoms with Crippen molar-refractivity contribution in [2.24, 2.45) is 0 Å². The Balaban J connectivity index is 1.79. The number of halogens is 2. The van der Waals surface area contributed by atoms with Crippen molar-refractivity contribution in [3.05, 3.63) is 59.7 Å². The average molecular weight is 364 g/mol. The first-order valence-electron chi connectivity index (χ1n) is 8.09. The number of hydrogen-bond donors (Lipinski definition) is 1. The monoisotopic (exact) mass is 364 g/mol. The summed E-state index contributed by atoms with van der Waals surface area (Å²) in [5, 5.41) is 2.86. The van der Waals surface area contributed by atoms with Crippen LogP contribution in [0.25, 0.3) is 0 Å². The molecule has 0 radical (unpaired) electrons. The van der Waals surface area contributed by atoms with Gasteiger partial charge in [0, 0.05) is 18.7 Å². The van der Waals surface area contributed by atoms with Gasteiger partial charge >= 0.3 is 6.61 Å². The van der Waals surface area contributed by atoms with Gasteiger partial charge in [-0.25, -0.2) is 0 Å². The average Bonchev–Trinajstić information content (AvgIpc) is 2.61. The second kappa shape index (κ2) is 9.72. The number of benzene rings is 2. The van der Waals surface area contributed by atoms with Crippen LogP contribution in [0.15, 0.2) is 48.5 Å². The molecule has 0 aliphatic rings. The van der Waals surface area contributed by atoms with E-state index in [2.05, 4.69) is 10.1 Å². The molecule has 0 bridgehead atoms. The molecule has 2 aromatic carbocycles. The molecule has 0 aliphatic carbocycles. The molecule has 0 spiro atoms. The molecule has 2 rings (SSSR count). The quantitative estimate of drug-likeness (QED) is 0.743. The second-order valence-corrected chi connectivity index (χ2v) is 5.78. The summed E-state index contributed by atoms with van der Waals surface area (Å²) in [5.74, 6) is 0.726. The standard InChI is InChI=1S/C19H22F2N2O3/c1-23(12-14-7-9-16(10-8-14)26-19(20)21)13-18(24)22-11-15-5-3-4-6-17(15)25-2/h3-10,19H,11-13H2,1-2H3,(H,22,24). The fourth-order valence-electron chi connectivity index (χ4n) is 2.49. The van der Waals surface area contributed by atoms with Gasteiger partial charge in [-0.3, -0.25) is 9.69 Å². The minimum atomic E-state index is -2.84. The highest BCUT2D eigenvalue weighted by molar-refractivity contribution is 5.78. The number of carbonyl (C=O) groups is 1. The Bertz CT molecular complexity index is 708. The number of alkyl halides is 2. The summed E-state index contributed by atoms with van der Waals surface area (Å²) in [6.07, 6.45) is 0. The minimum Gasteiger partial charge on any atom is -0.496 e. The van der Waals surface area contributed by atoms with Gasteiger partial charge in [-0.15, -0.1) is 0 Å². The van der Waals surface area contributed by atoms with E-state index in [1.165, 1.54) is 12.1 Å². The van der Waals surface area contributed by atoms with Crippen LogP contribution in [-0.2, 0) is 17.9 Å². The van der Waals surface area contributed by atoms with Crippen molar-refractivity contribution < 1.29 is 23.0 Å². The molecule has 1 amide bonds. The zero-order chi connectivity index (χ0) is 18.9. The topological polar surface area (TPSA) is 50.8 Å². The van der Waals surface area contributed by atoms with Gasteiger partial charge in [0.05, 0.1) is 13.7 Å². The van der Waals surface area contributed by atoms with Crippen LogP contribution in [0.3, 0.4) is 0 Å². The Morgan fingerprint density at radius 3 is 2.50 bits per heavy atom. The van der Waals surface area contributed by atoms with E-state index < -0.39 is 6.61 Å². The molecular formula is C19H22F2N2O3. The largest absolute Gasteiger partial charge is 0.496 e. The minimum absolute atomic E-state index is 0.112. The molecule has 7 heteroatoms. The van der Waals surface area contributed by atoms with Crippen molar-refractivity contribution in [2.45, 2.75) is 19.7 Å². The predicted molar refractivity (Wildman–Crippen MR) is 94.2 cm³/mol. The first-order chi connectivity index (χ1) is 12.5. The third kappa shape index (κ3) is 6.33. The van der Waals surface area contributed by atoms with Crippen LogP contribution in [-0.4, -0.2) is 38.1 Å². The molecule has 0 aliphatic heterocycles. The van der Waals surface area contributed by atoms with Crippen molar-refractivity contribution in [1.82, 2.24) is 10.2 Å². The van der Waals surface area contributed by atoms with E-state index in [1.54, 1.807) is 19.2 Å². The van der Waals surface area contributed by atoms with Crippen LogP contribution in [0.1, 0.15) is 11.1 Å². The highest BCUT2D eigenvalue weighted by atomic mass is 19.3. The van der Waals surface area contributed by atoms with E-state index in [0.29, 0.717) is 13.1 Å². The molecule has 0 atom stereocenters. The molecule has 0 saturated heterocycles. The maximum Gasteiger partial charge on any atom is 0.387 e. The van der Waals surface area contributed by atoms with Gasteiger partial charge in [0.25, 0.3) is 0 Å². The van der Waals surface area contributed by atoms with Crippen LogP contribution in [0.5, 0.6) is 11.5 Å². The van der Waals surface area contributed by atoms with Crippen LogP contribution in [0, 0.1) is 0 Å². The Labute approximate surface area is 151 Å². The number of likely N-dealkylation sites (N-methyl/N-ethyl adjacent to an activating group) is 1. The van der Waals surface area contributed by atoms with Crippen molar-refractivity contribution in [3.8, 4) is 11.5 Å². The zero-order valence-corrected chi connectivity index (χ0v) is 14.7. The van der Waals surface area contributed by atoms with Gasteiger partial charge in [-0.1, -0.05) is 30.3 Å². The fourth-order valence-corrected chi connectivity index (χ4v) is 2.49. The third-order valence-corrected chi connectivity index (χ3v) is 3.68. The molecule has 26 heavy (non-hydrogen) atoms. The van der Waals surface area contributed by atoms with E-state index in [9.17, 15) is 13.6 Å².